The molecule has 0 aliphatic rings. The average molecular weight is 269 g/mol. The van der Waals surface area contributed by atoms with Gasteiger partial charge in [0.15, 0.2) is 0 Å². The molecule has 0 heterocycles. The van der Waals surface area contributed by atoms with Gasteiger partial charge in [-0.15, -0.1) is 0 Å². The summed E-state index contributed by atoms with van der Waals surface area (Å²) < 4.78 is 0. The summed E-state index contributed by atoms with van der Waals surface area (Å²) in [7, 11) is 0. The predicted octanol–water partition coefficient (Wildman–Crippen LogP) is 3.92. The van der Waals surface area contributed by atoms with Gasteiger partial charge in [-0.25, -0.2) is 4.79 Å². The maximum Gasteiger partial charge on any atom is 0.336 e. The molecule has 2 rings (SSSR count). The number of nitrogens with one attached hydrogen (secondary N) is 1. The van der Waals surface area contributed by atoms with Gasteiger partial charge in [-0.1, -0.05) is 24.3 Å². The van der Waals surface area contributed by atoms with Gasteiger partial charge in [0.05, 0.1) is 5.56 Å². The Morgan fingerprint density at radius 3 is 2.50 bits per heavy atom. The van der Waals surface area contributed by atoms with Gasteiger partial charge in [0.25, 0.3) is 0 Å². The highest BCUT2D eigenvalue weighted by Gasteiger charge is 2.09. The molecule has 0 aliphatic carbocycles. The number of carboxylic acid groups (broad SMARTS) is 1. The second kappa shape index (κ2) is 5.78. The van der Waals surface area contributed by atoms with Crippen molar-refractivity contribution in [1.29, 1.82) is 0 Å². The number of aromatic carboxylic acids is 1. The molecule has 0 amide bonds. The molecule has 3 nitrogen and oxygen atoms in total. The molecule has 2 aromatic carbocycles. The largest absolute Gasteiger partial charge is 0.478 e. The molecule has 3 heteroatoms. The standard InChI is InChI=1S/C17H19NO2/c1-11-7-8-14(9-12(11)2)10-18-16-6-4-5-15(13(16)3)17(19)20/h4-9,18H,10H2,1-3H3,(H,19,20). The lowest BCUT2D eigenvalue weighted by Crippen LogP contribution is -2.06. The third kappa shape index (κ3) is 2.99. The first-order valence-corrected chi connectivity index (χ1v) is 6.62. The van der Waals surface area contributed by atoms with E-state index in [0.717, 1.165) is 11.3 Å². The van der Waals surface area contributed by atoms with Gasteiger partial charge in [-0.3, -0.25) is 0 Å². The van der Waals surface area contributed by atoms with Crippen LogP contribution >= 0.6 is 0 Å². The maximum absolute atomic E-state index is 11.1. The van der Waals surface area contributed by atoms with E-state index in [1.165, 1.54) is 16.7 Å². The Morgan fingerprint density at radius 2 is 1.85 bits per heavy atom. The second-order valence-corrected chi connectivity index (χ2v) is 5.06. The normalized spacial score (nSPS) is 10.3. The van der Waals surface area contributed by atoms with Gasteiger partial charge in [0.1, 0.15) is 0 Å². The molecular weight excluding hydrogens is 250 g/mol. The summed E-state index contributed by atoms with van der Waals surface area (Å²) in [6.45, 7) is 6.69. The van der Waals surface area contributed by atoms with Crippen LogP contribution < -0.4 is 5.32 Å². The van der Waals surface area contributed by atoms with Gasteiger partial charge in [0.2, 0.25) is 0 Å². The molecule has 0 aliphatic heterocycles. The molecule has 104 valence electrons. The molecule has 0 saturated heterocycles. The molecule has 0 radical (unpaired) electrons. The average Bonchev–Trinajstić information content (AvgIpc) is 2.41. The van der Waals surface area contributed by atoms with E-state index in [-0.39, 0.29) is 0 Å². The van der Waals surface area contributed by atoms with E-state index >= 15 is 0 Å². The van der Waals surface area contributed by atoms with Crippen LogP contribution in [-0.2, 0) is 6.54 Å². The lowest BCUT2D eigenvalue weighted by molar-refractivity contribution is 0.0696. The Bertz CT molecular complexity index is 647. The van der Waals surface area contributed by atoms with E-state index in [1.807, 2.05) is 13.0 Å². The zero-order valence-corrected chi connectivity index (χ0v) is 12.0. The first-order chi connectivity index (χ1) is 9.49. The Morgan fingerprint density at radius 1 is 1.10 bits per heavy atom. The molecule has 2 aromatic rings. The first-order valence-electron chi connectivity index (χ1n) is 6.62. The summed E-state index contributed by atoms with van der Waals surface area (Å²) in [4.78, 5) is 11.1. The van der Waals surface area contributed by atoms with Crippen molar-refractivity contribution in [2.75, 3.05) is 5.32 Å². The Balaban J connectivity index is 2.17. The van der Waals surface area contributed by atoms with Crippen molar-refractivity contribution >= 4 is 11.7 Å². The summed E-state index contributed by atoms with van der Waals surface area (Å²) in [5.41, 5.74) is 5.70. The molecule has 0 bridgehead atoms. The summed E-state index contributed by atoms with van der Waals surface area (Å²) in [5.74, 6) is -0.891. The molecule has 0 fully saturated rings. The van der Waals surface area contributed by atoms with Crippen molar-refractivity contribution in [2.45, 2.75) is 27.3 Å². The molecular formula is C17H19NO2. The van der Waals surface area contributed by atoms with Crippen LogP contribution in [0.2, 0.25) is 0 Å². The number of aryl methyl sites for hydroxylation is 2. The summed E-state index contributed by atoms with van der Waals surface area (Å²) in [5, 5.41) is 12.4. The summed E-state index contributed by atoms with van der Waals surface area (Å²) in [6, 6.07) is 11.6. The highest BCUT2D eigenvalue weighted by atomic mass is 16.4. The van der Waals surface area contributed by atoms with Crippen LogP contribution in [0.25, 0.3) is 0 Å². The number of anilines is 1. The molecule has 0 atom stereocenters. The van der Waals surface area contributed by atoms with Crippen molar-refractivity contribution in [3.63, 3.8) is 0 Å². The van der Waals surface area contributed by atoms with Gasteiger partial charge in [-0.05, 0) is 55.2 Å². The van der Waals surface area contributed by atoms with Crippen LogP contribution in [0.4, 0.5) is 5.69 Å². The van der Waals surface area contributed by atoms with Crippen LogP contribution in [0.15, 0.2) is 36.4 Å². The minimum absolute atomic E-state index is 0.343. The van der Waals surface area contributed by atoms with E-state index in [9.17, 15) is 4.79 Å². The molecule has 0 spiro atoms. The van der Waals surface area contributed by atoms with E-state index in [2.05, 4.69) is 37.4 Å². The fourth-order valence-electron chi connectivity index (χ4n) is 2.17. The topological polar surface area (TPSA) is 49.3 Å². The zero-order chi connectivity index (χ0) is 14.7. The Kier molecular flexibility index (Phi) is 4.08. The summed E-state index contributed by atoms with van der Waals surface area (Å²) >= 11 is 0. The third-order valence-corrected chi connectivity index (χ3v) is 3.62. The SMILES string of the molecule is Cc1ccc(CNc2cccc(C(=O)O)c2C)cc1C. The van der Waals surface area contributed by atoms with E-state index < -0.39 is 5.97 Å². The highest BCUT2D eigenvalue weighted by molar-refractivity contribution is 5.91. The summed E-state index contributed by atoms with van der Waals surface area (Å²) in [6.07, 6.45) is 0. The van der Waals surface area contributed by atoms with E-state index in [4.69, 9.17) is 5.11 Å². The quantitative estimate of drug-likeness (QED) is 0.884. The third-order valence-electron chi connectivity index (χ3n) is 3.62. The molecule has 0 saturated carbocycles. The monoisotopic (exact) mass is 269 g/mol. The Labute approximate surface area is 119 Å². The van der Waals surface area contributed by atoms with Gasteiger partial charge >= 0.3 is 5.97 Å². The van der Waals surface area contributed by atoms with Crippen molar-refractivity contribution in [3.8, 4) is 0 Å². The van der Waals surface area contributed by atoms with Gasteiger partial charge in [0, 0.05) is 12.2 Å². The van der Waals surface area contributed by atoms with Crippen LogP contribution in [0.3, 0.4) is 0 Å². The lowest BCUT2D eigenvalue weighted by Gasteiger charge is -2.12. The van der Waals surface area contributed by atoms with Gasteiger partial charge in [-0.2, -0.15) is 0 Å². The number of carbonyl (C=O) groups is 1. The van der Waals surface area contributed by atoms with Crippen molar-refractivity contribution in [2.24, 2.45) is 0 Å². The van der Waals surface area contributed by atoms with Crippen LogP contribution in [0.1, 0.15) is 32.6 Å². The maximum atomic E-state index is 11.1. The van der Waals surface area contributed by atoms with Crippen LogP contribution in [0.5, 0.6) is 0 Å². The second-order valence-electron chi connectivity index (χ2n) is 5.06. The number of rotatable bonds is 4. The predicted molar refractivity (Wildman–Crippen MR) is 81.4 cm³/mol. The van der Waals surface area contributed by atoms with E-state index in [0.29, 0.717) is 12.1 Å². The molecule has 20 heavy (non-hydrogen) atoms. The minimum Gasteiger partial charge on any atom is -0.478 e. The molecule has 2 N–H and O–H groups in total. The van der Waals surface area contributed by atoms with Crippen molar-refractivity contribution in [1.82, 2.24) is 0 Å². The fraction of sp³-hybridized carbons (Fsp3) is 0.235. The lowest BCUT2D eigenvalue weighted by atomic mass is 10.0. The number of hydrogen-bond donors (Lipinski definition) is 2. The van der Waals surface area contributed by atoms with Gasteiger partial charge < -0.3 is 10.4 Å². The van der Waals surface area contributed by atoms with E-state index in [1.54, 1.807) is 12.1 Å². The fourth-order valence-corrected chi connectivity index (χ4v) is 2.17. The molecule has 0 aromatic heterocycles. The van der Waals surface area contributed by atoms with Crippen LogP contribution in [-0.4, -0.2) is 11.1 Å². The highest BCUT2D eigenvalue weighted by Crippen LogP contribution is 2.20. The molecule has 0 unspecified atom stereocenters. The Hall–Kier alpha value is -2.29. The zero-order valence-electron chi connectivity index (χ0n) is 12.0. The van der Waals surface area contributed by atoms with Crippen molar-refractivity contribution in [3.05, 3.63) is 64.2 Å². The number of benzene rings is 2. The smallest absolute Gasteiger partial charge is 0.336 e. The first kappa shape index (κ1) is 14.1. The minimum atomic E-state index is -0.891. The van der Waals surface area contributed by atoms with Crippen LogP contribution in [0, 0.1) is 20.8 Å². The van der Waals surface area contributed by atoms with Crippen molar-refractivity contribution < 1.29 is 9.90 Å². The number of hydrogen-bond acceptors (Lipinski definition) is 2. The number of carboxylic acids is 1.